The van der Waals surface area contributed by atoms with Crippen molar-refractivity contribution in [3.05, 3.63) is 99.1 Å². The van der Waals surface area contributed by atoms with Crippen LogP contribution in [-0.4, -0.2) is 40.1 Å². The van der Waals surface area contributed by atoms with Gasteiger partial charge in [0.25, 0.3) is 0 Å². The van der Waals surface area contributed by atoms with Gasteiger partial charge in [0.15, 0.2) is 0 Å². The Balaban J connectivity index is 0.00000464. The van der Waals surface area contributed by atoms with Crippen LogP contribution in [0, 0.1) is 41.5 Å². The molecule has 0 aromatic heterocycles. The Morgan fingerprint density at radius 1 is 0.635 bits per heavy atom. The van der Waals surface area contributed by atoms with Crippen molar-refractivity contribution >= 4 is 48.6 Å². The van der Waals surface area contributed by atoms with Crippen molar-refractivity contribution in [1.82, 2.24) is 0 Å². The number of benzene rings is 3. The summed E-state index contributed by atoms with van der Waals surface area (Å²) in [6.07, 6.45) is 19.2. The van der Waals surface area contributed by atoms with Crippen molar-refractivity contribution in [2.24, 2.45) is 0 Å². The van der Waals surface area contributed by atoms with E-state index in [1.807, 2.05) is 0 Å². The molecule has 0 bridgehead atoms. The standard InChI is InChI=1S/C46H61Cl2N2P.Ru/c1-32-26-34(3)42(35(4)27-32)49-24-25-50(43-36(5)28-33(2)29-37(43)6)44(49)46(51(40-18-12-8-13-19-40)41-20-14-9-15-21-41)23-22-45(47,48)31-39(46)30-38-16-10-7-11-17-38;/h7,10-11,16-17,26-30,40-41,44H,8-9,12-15,18-25,31H2,1-6H3;. The van der Waals surface area contributed by atoms with Gasteiger partial charge < -0.3 is 9.80 Å². The third-order valence-electron chi connectivity index (χ3n) is 12.9. The molecule has 1 atom stereocenters. The number of halogens is 2. The van der Waals surface area contributed by atoms with Crippen LogP contribution in [0.15, 0.2) is 60.2 Å². The van der Waals surface area contributed by atoms with Crippen molar-refractivity contribution in [2.75, 3.05) is 22.9 Å². The molecular weight excluding hydrogens is 783 g/mol. The summed E-state index contributed by atoms with van der Waals surface area (Å²) in [5.74, 6) is 0. The van der Waals surface area contributed by atoms with Crippen molar-refractivity contribution in [2.45, 2.75) is 152 Å². The number of rotatable bonds is 7. The molecule has 282 valence electrons. The average Bonchev–Trinajstić information content (AvgIpc) is 3.50. The molecule has 1 saturated heterocycles. The minimum atomic E-state index is -0.760. The van der Waals surface area contributed by atoms with Gasteiger partial charge in [0.05, 0.1) is 5.16 Å². The quantitative estimate of drug-likeness (QED) is 0.133. The summed E-state index contributed by atoms with van der Waals surface area (Å²) in [5, 5.41) is -0.0630. The number of anilines is 2. The van der Waals surface area contributed by atoms with Crippen LogP contribution in [0.3, 0.4) is 0 Å². The second-order valence-corrected chi connectivity index (χ2v) is 21.5. The van der Waals surface area contributed by atoms with Gasteiger partial charge >= 0.3 is 0 Å². The second kappa shape index (κ2) is 16.8. The predicted octanol–water partition coefficient (Wildman–Crippen LogP) is 13.5. The molecule has 0 spiro atoms. The average molecular weight is 845 g/mol. The molecule has 6 heteroatoms. The maximum absolute atomic E-state index is 7.39. The van der Waals surface area contributed by atoms with Crippen LogP contribution in [-0.2, 0) is 19.5 Å². The van der Waals surface area contributed by atoms with Crippen LogP contribution >= 0.6 is 31.1 Å². The van der Waals surface area contributed by atoms with Crippen molar-refractivity contribution < 1.29 is 19.5 Å². The van der Waals surface area contributed by atoms with E-state index in [-0.39, 0.29) is 30.8 Å². The summed E-state index contributed by atoms with van der Waals surface area (Å²) >= 11 is 14.8. The number of aryl methyl sites for hydroxylation is 6. The van der Waals surface area contributed by atoms with Gasteiger partial charge in [-0.2, -0.15) is 0 Å². The maximum Gasteiger partial charge on any atom is 0.122 e. The topological polar surface area (TPSA) is 6.48 Å². The molecule has 4 aliphatic rings. The second-order valence-electron chi connectivity index (χ2n) is 16.8. The van der Waals surface area contributed by atoms with E-state index in [4.69, 9.17) is 23.2 Å². The van der Waals surface area contributed by atoms with Crippen molar-refractivity contribution in [3.63, 3.8) is 0 Å². The van der Waals surface area contributed by atoms with E-state index in [1.165, 1.54) is 120 Å². The summed E-state index contributed by atoms with van der Waals surface area (Å²) in [5.41, 5.74) is 15.6. The zero-order valence-electron chi connectivity index (χ0n) is 32.6. The van der Waals surface area contributed by atoms with E-state index in [0.29, 0.717) is 0 Å². The SMILES string of the molecule is Cc1cc(C)c(N2CCN(c3c(C)cc(C)cc3C)C2C2(P(C3CCCCC3)C3CCCCC3)CCC(Cl)(Cl)CC2=Cc2ccccc2)c(C)c1.[Ru]. The molecule has 2 nitrogen and oxygen atoms in total. The minimum absolute atomic E-state index is 0. The number of alkyl halides is 2. The normalized spacial score (nSPS) is 24.1. The van der Waals surface area contributed by atoms with Gasteiger partial charge in [-0.15, -0.1) is 23.2 Å². The van der Waals surface area contributed by atoms with E-state index in [2.05, 4.69) is 112 Å². The van der Waals surface area contributed by atoms with Crippen molar-refractivity contribution in [3.8, 4) is 0 Å². The van der Waals surface area contributed by atoms with E-state index >= 15 is 0 Å². The van der Waals surface area contributed by atoms with Gasteiger partial charge in [-0.3, -0.25) is 0 Å². The monoisotopic (exact) mass is 844 g/mol. The number of nitrogens with zero attached hydrogens (tertiary/aromatic N) is 2. The Hall–Kier alpha value is -1.37. The molecule has 3 aromatic carbocycles. The molecule has 4 fully saturated rings. The van der Waals surface area contributed by atoms with Crippen LogP contribution in [0.5, 0.6) is 0 Å². The Morgan fingerprint density at radius 3 is 1.52 bits per heavy atom. The molecule has 0 amide bonds. The summed E-state index contributed by atoms with van der Waals surface area (Å²) in [7, 11) is -0.441. The fourth-order valence-electron chi connectivity index (χ4n) is 11.2. The van der Waals surface area contributed by atoms with Gasteiger partial charge in [0, 0.05) is 50.4 Å². The predicted molar refractivity (Wildman–Crippen MR) is 226 cm³/mol. The molecular formula is C46H61Cl2N2PRu. The first kappa shape index (κ1) is 40.3. The van der Waals surface area contributed by atoms with Crippen LogP contribution in [0.4, 0.5) is 11.4 Å². The molecule has 3 aromatic rings. The Bertz CT molecular complexity index is 1600. The van der Waals surface area contributed by atoms with E-state index in [1.54, 1.807) is 0 Å². The zero-order chi connectivity index (χ0) is 35.9. The third-order valence-corrected chi connectivity index (χ3v) is 17.8. The number of hydrogen-bond donors (Lipinski definition) is 0. The summed E-state index contributed by atoms with van der Waals surface area (Å²) in [6.45, 7) is 16.0. The molecule has 1 aliphatic heterocycles. The summed E-state index contributed by atoms with van der Waals surface area (Å²) in [6, 6.07) is 20.8. The van der Waals surface area contributed by atoms with E-state index in [0.717, 1.165) is 43.7 Å². The largest absolute Gasteiger partial charge is 0.348 e. The maximum atomic E-state index is 7.39. The van der Waals surface area contributed by atoms with Crippen molar-refractivity contribution in [1.29, 1.82) is 0 Å². The summed E-state index contributed by atoms with van der Waals surface area (Å²) < 4.78 is -0.760. The van der Waals surface area contributed by atoms with E-state index < -0.39 is 12.3 Å². The number of hydrogen-bond acceptors (Lipinski definition) is 2. The first-order valence-electron chi connectivity index (χ1n) is 20.1. The molecule has 52 heavy (non-hydrogen) atoms. The molecule has 3 saturated carbocycles. The van der Waals surface area contributed by atoms with Crippen LogP contribution in [0.1, 0.15) is 122 Å². The fourth-order valence-corrected chi connectivity index (χ4v) is 16.8. The van der Waals surface area contributed by atoms with E-state index in [9.17, 15) is 0 Å². The van der Waals surface area contributed by atoms with Gasteiger partial charge in [-0.05, 0) is 119 Å². The molecule has 1 unspecified atom stereocenters. The van der Waals surface area contributed by atoms with Crippen LogP contribution in [0.2, 0.25) is 0 Å². The van der Waals surface area contributed by atoms with Gasteiger partial charge in [0.2, 0.25) is 0 Å². The molecule has 0 N–H and O–H groups in total. The molecule has 1 heterocycles. The zero-order valence-corrected chi connectivity index (χ0v) is 36.7. The Labute approximate surface area is 340 Å². The Morgan fingerprint density at radius 2 is 1.08 bits per heavy atom. The molecule has 7 rings (SSSR count). The summed E-state index contributed by atoms with van der Waals surface area (Å²) in [4.78, 5) is 5.83. The van der Waals surface area contributed by atoms with Gasteiger partial charge in [-0.1, -0.05) is 124 Å². The van der Waals surface area contributed by atoms with Gasteiger partial charge in [0.1, 0.15) is 10.5 Å². The third kappa shape index (κ3) is 7.97. The van der Waals surface area contributed by atoms with Crippen LogP contribution < -0.4 is 9.80 Å². The Kier molecular flexibility index (Phi) is 13.0. The molecule has 3 aliphatic carbocycles. The molecule has 0 radical (unpaired) electrons. The smallest absolute Gasteiger partial charge is 0.122 e. The van der Waals surface area contributed by atoms with Gasteiger partial charge in [-0.25, -0.2) is 0 Å². The first-order valence-corrected chi connectivity index (χ1v) is 22.3. The minimum Gasteiger partial charge on any atom is -0.348 e. The van der Waals surface area contributed by atoms with Crippen LogP contribution in [0.25, 0.3) is 6.08 Å². The fraction of sp³-hybridized carbons (Fsp3) is 0.565. The first-order chi connectivity index (χ1) is 24.5.